The lowest BCUT2D eigenvalue weighted by Crippen LogP contribution is -2.24. The van der Waals surface area contributed by atoms with Crippen molar-refractivity contribution >= 4 is 28.9 Å². The largest absolute Gasteiger partial charge is 0.397 e. The Kier molecular flexibility index (Phi) is 5.91. The number of methoxy groups -OCH3 is 1. The lowest BCUT2D eigenvalue weighted by molar-refractivity contribution is -0.123. The van der Waals surface area contributed by atoms with Crippen LogP contribution in [-0.2, 0) is 14.3 Å². The Hall–Kier alpha value is -1.30. The zero-order valence-corrected chi connectivity index (χ0v) is 11.2. The third-order valence-corrected chi connectivity index (χ3v) is 2.52. The number of rotatable bonds is 6. The number of hydrogen-bond acceptors (Lipinski definition) is 4. The van der Waals surface area contributed by atoms with E-state index in [0.717, 1.165) is 0 Å². The van der Waals surface area contributed by atoms with Crippen molar-refractivity contribution in [3.63, 3.8) is 0 Å². The van der Waals surface area contributed by atoms with Gasteiger partial charge in [-0.15, -0.1) is 0 Å². The van der Waals surface area contributed by atoms with Crippen LogP contribution in [-0.4, -0.2) is 32.3 Å². The van der Waals surface area contributed by atoms with E-state index in [2.05, 4.69) is 5.32 Å². The number of ether oxygens (including phenoxy) is 2. The number of nitrogens with one attached hydrogen (secondary N) is 1. The molecule has 1 aromatic carbocycles. The van der Waals surface area contributed by atoms with Crippen LogP contribution in [0, 0.1) is 0 Å². The van der Waals surface area contributed by atoms with Crippen LogP contribution in [0.15, 0.2) is 18.2 Å². The van der Waals surface area contributed by atoms with Gasteiger partial charge in [0.2, 0.25) is 5.91 Å². The van der Waals surface area contributed by atoms with Gasteiger partial charge in [-0.1, -0.05) is 11.6 Å². The maximum Gasteiger partial charge on any atom is 0.250 e. The molecule has 100 valence electrons. The summed E-state index contributed by atoms with van der Waals surface area (Å²) in [4.78, 5) is 11.6. The van der Waals surface area contributed by atoms with E-state index in [1.165, 1.54) is 0 Å². The van der Waals surface area contributed by atoms with Crippen LogP contribution in [0.25, 0.3) is 0 Å². The van der Waals surface area contributed by atoms with Crippen LogP contribution in [0.1, 0.15) is 6.92 Å². The number of carbonyl (C=O) groups is 1. The molecule has 18 heavy (non-hydrogen) atoms. The topological polar surface area (TPSA) is 73.6 Å². The molecule has 0 bridgehead atoms. The molecule has 0 spiro atoms. The van der Waals surface area contributed by atoms with Gasteiger partial charge in [0.1, 0.15) is 6.61 Å². The first-order valence-corrected chi connectivity index (χ1v) is 5.86. The van der Waals surface area contributed by atoms with Gasteiger partial charge in [0.05, 0.1) is 23.4 Å². The van der Waals surface area contributed by atoms with Gasteiger partial charge >= 0.3 is 0 Å². The molecule has 0 heterocycles. The molecule has 1 aromatic rings. The predicted molar refractivity (Wildman–Crippen MR) is 71.8 cm³/mol. The fourth-order valence-electron chi connectivity index (χ4n) is 1.32. The first kappa shape index (κ1) is 14.8. The summed E-state index contributed by atoms with van der Waals surface area (Å²) in [6.45, 7) is 2.24. The molecular formula is C12H17ClN2O3. The molecular weight excluding hydrogens is 256 g/mol. The number of amides is 1. The number of hydrogen-bond donors (Lipinski definition) is 2. The quantitative estimate of drug-likeness (QED) is 0.776. The molecule has 0 saturated carbocycles. The van der Waals surface area contributed by atoms with Gasteiger partial charge in [0, 0.05) is 12.8 Å². The minimum atomic E-state index is -0.250. The summed E-state index contributed by atoms with van der Waals surface area (Å²) in [6, 6.07) is 4.90. The van der Waals surface area contributed by atoms with Crippen LogP contribution in [0.4, 0.5) is 11.4 Å². The molecule has 0 fully saturated rings. The highest BCUT2D eigenvalue weighted by Crippen LogP contribution is 2.22. The number of carbonyl (C=O) groups excluding carboxylic acids is 1. The molecule has 6 heteroatoms. The third kappa shape index (κ3) is 4.91. The van der Waals surface area contributed by atoms with Crippen LogP contribution >= 0.6 is 11.6 Å². The fourth-order valence-corrected chi connectivity index (χ4v) is 1.44. The van der Waals surface area contributed by atoms with Crippen LogP contribution < -0.4 is 11.1 Å². The number of nitrogens with two attached hydrogens (primary N) is 1. The average Bonchev–Trinajstić information content (AvgIpc) is 2.32. The standard InChI is InChI=1S/C12H17ClN2O3/c1-8(6-17-2)18-7-12(16)15-9-3-4-10(13)11(14)5-9/h3-5,8H,6-7,14H2,1-2H3,(H,15,16). The highest BCUT2D eigenvalue weighted by molar-refractivity contribution is 6.33. The second kappa shape index (κ2) is 7.20. The second-order valence-corrected chi connectivity index (χ2v) is 4.27. The highest BCUT2D eigenvalue weighted by atomic mass is 35.5. The van der Waals surface area contributed by atoms with Crippen molar-refractivity contribution < 1.29 is 14.3 Å². The Morgan fingerprint density at radius 2 is 2.28 bits per heavy atom. The minimum Gasteiger partial charge on any atom is -0.397 e. The number of anilines is 2. The molecule has 0 aromatic heterocycles. The first-order valence-electron chi connectivity index (χ1n) is 5.48. The van der Waals surface area contributed by atoms with E-state index in [-0.39, 0.29) is 18.6 Å². The van der Waals surface area contributed by atoms with Crippen LogP contribution in [0.2, 0.25) is 5.02 Å². The Morgan fingerprint density at radius 1 is 1.56 bits per heavy atom. The van der Waals surface area contributed by atoms with E-state index in [1.54, 1.807) is 25.3 Å². The zero-order valence-electron chi connectivity index (χ0n) is 10.4. The van der Waals surface area contributed by atoms with Gasteiger partial charge in [-0.05, 0) is 25.1 Å². The first-order chi connectivity index (χ1) is 8.52. The summed E-state index contributed by atoms with van der Waals surface area (Å²) in [5.41, 5.74) is 6.63. The molecule has 0 aliphatic carbocycles. The molecule has 5 nitrogen and oxygen atoms in total. The van der Waals surface area contributed by atoms with Gasteiger partial charge in [0.15, 0.2) is 0 Å². The van der Waals surface area contributed by atoms with Crippen molar-refractivity contribution in [2.75, 3.05) is 31.4 Å². The fraction of sp³-hybridized carbons (Fsp3) is 0.417. The van der Waals surface area contributed by atoms with Gasteiger partial charge in [-0.25, -0.2) is 0 Å². The van der Waals surface area contributed by atoms with Crippen LogP contribution in [0.3, 0.4) is 0 Å². The summed E-state index contributed by atoms with van der Waals surface area (Å²) in [7, 11) is 1.58. The second-order valence-electron chi connectivity index (χ2n) is 3.86. The molecule has 1 atom stereocenters. The SMILES string of the molecule is COCC(C)OCC(=O)Nc1ccc(Cl)c(N)c1. The molecule has 1 rings (SSSR count). The third-order valence-electron chi connectivity index (χ3n) is 2.18. The number of benzene rings is 1. The van der Waals surface area contributed by atoms with Crippen molar-refractivity contribution in [1.29, 1.82) is 0 Å². The summed E-state index contributed by atoms with van der Waals surface area (Å²) in [5.74, 6) is -0.250. The van der Waals surface area contributed by atoms with Crippen molar-refractivity contribution in [2.45, 2.75) is 13.0 Å². The molecule has 0 radical (unpaired) electrons. The summed E-state index contributed by atoms with van der Waals surface area (Å²) in [5, 5.41) is 3.12. The Labute approximate surface area is 111 Å². The minimum absolute atomic E-state index is 0.0347. The highest BCUT2D eigenvalue weighted by Gasteiger charge is 2.07. The lowest BCUT2D eigenvalue weighted by Gasteiger charge is -2.12. The number of nitrogen functional groups attached to an aromatic ring is 1. The normalized spacial score (nSPS) is 12.2. The van der Waals surface area contributed by atoms with Crippen molar-refractivity contribution in [2.24, 2.45) is 0 Å². The molecule has 0 saturated heterocycles. The number of halogens is 1. The maximum atomic E-state index is 11.6. The monoisotopic (exact) mass is 272 g/mol. The Balaban J connectivity index is 2.42. The van der Waals surface area contributed by atoms with E-state index in [9.17, 15) is 4.79 Å². The van der Waals surface area contributed by atoms with Gasteiger partial charge < -0.3 is 20.5 Å². The van der Waals surface area contributed by atoms with Gasteiger partial charge in [-0.3, -0.25) is 4.79 Å². The van der Waals surface area contributed by atoms with Gasteiger partial charge in [-0.2, -0.15) is 0 Å². The van der Waals surface area contributed by atoms with Crippen molar-refractivity contribution in [3.8, 4) is 0 Å². The summed E-state index contributed by atoms with van der Waals surface area (Å²) >= 11 is 5.78. The van der Waals surface area contributed by atoms with E-state index >= 15 is 0 Å². The average molecular weight is 273 g/mol. The van der Waals surface area contributed by atoms with Crippen molar-refractivity contribution in [3.05, 3.63) is 23.2 Å². The Morgan fingerprint density at radius 3 is 2.89 bits per heavy atom. The summed E-state index contributed by atoms with van der Waals surface area (Å²) in [6.07, 6.45) is -0.129. The summed E-state index contributed by atoms with van der Waals surface area (Å²) < 4.78 is 10.2. The smallest absolute Gasteiger partial charge is 0.250 e. The molecule has 3 N–H and O–H groups in total. The maximum absolute atomic E-state index is 11.6. The van der Waals surface area contributed by atoms with Crippen LogP contribution in [0.5, 0.6) is 0 Å². The molecule has 0 aliphatic heterocycles. The van der Waals surface area contributed by atoms with E-state index in [0.29, 0.717) is 23.0 Å². The molecule has 1 amide bonds. The molecule has 1 unspecified atom stereocenters. The lowest BCUT2D eigenvalue weighted by atomic mass is 10.3. The van der Waals surface area contributed by atoms with Crippen molar-refractivity contribution in [1.82, 2.24) is 0 Å². The zero-order chi connectivity index (χ0) is 13.5. The predicted octanol–water partition coefficient (Wildman–Crippen LogP) is 1.91. The van der Waals surface area contributed by atoms with Gasteiger partial charge in [0.25, 0.3) is 0 Å². The van der Waals surface area contributed by atoms with E-state index in [1.807, 2.05) is 6.92 Å². The van der Waals surface area contributed by atoms with E-state index < -0.39 is 0 Å². The molecule has 0 aliphatic rings. The Bertz CT molecular complexity index is 412. The van der Waals surface area contributed by atoms with E-state index in [4.69, 9.17) is 26.8 Å².